The zero-order chi connectivity index (χ0) is 21.1. The van der Waals surface area contributed by atoms with Crippen LogP contribution in [0.5, 0.6) is 0 Å². The van der Waals surface area contributed by atoms with Crippen LogP contribution in [0.1, 0.15) is 16.1 Å². The van der Waals surface area contributed by atoms with Gasteiger partial charge in [0, 0.05) is 30.4 Å². The summed E-state index contributed by atoms with van der Waals surface area (Å²) >= 11 is 0. The fourth-order valence-electron chi connectivity index (χ4n) is 3.13. The summed E-state index contributed by atoms with van der Waals surface area (Å²) in [5.74, 6) is -0.642. The van der Waals surface area contributed by atoms with E-state index >= 15 is 0 Å². The lowest BCUT2D eigenvalue weighted by molar-refractivity contribution is -0.384. The quantitative estimate of drug-likeness (QED) is 0.275. The maximum absolute atomic E-state index is 12.5. The lowest BCUT2D eigenvalue weighted by Gasteiger charge is -2.05. The average molecular weight is 402 g/mol. The highest BCUT2D eigenvalue weighted by Crippen LogP contribution is 2.25. The van der Waals surface area contributed by atoms with Crippen LogP contribution in [0.25, 0.3) is 16.9 Å². The van der Waals surface area contributed by atoms with Crippen molar-refractivity contribution in [1.29, 1.82) is 0 Å². The van der Waals surface area contributed by atoms with Crippen molar-refractivity contribution in [3.8, 4) is 16.9 Å². The molecule has 0 aliphatic rings. The van der Waals surface area contributed by atoms with Crippen LogP contribution in [0.4, 0.5) is 5.69 Å². The first-order valence-corrected chi connectivity index (χ1v) is 9.20. The molecular formula is C22H18N4O4. The van der Waals surface area contributed by atoms with Crippen molar-refractivity contribution in [2.75, 3.05) is 0 Å². The first kappa shape index (κ1) is 19.1. The van der Waals surface area contributed by atoms with Crippen LogP contribution in [0.2, 0.25) is 0 Å². The summed E-state index contributed by atoms with van der Waals surface area (Å²) < 4.78 is 8.58. The van der Waals surface area contributed by atoms with Crippen molar-refractivity contribution < 1.29 is 14.5 Å². The minimum Gasteiger partial charge on any atom is -0.456 e. The molecule has 8 heteroatoms. The summed E-state index contributed by atoms with van der Waals surface area (Å²) in [6, 6.07) is 20.4. The summed E-state index contributed by atoms with van der Waals surface area (Å²) in [7, 11) is 1.56. The van der Waals surface area contributed by atoms with Gasteiger partial charge < -0.3 is 9.30 Å². The van der Waals surface area contributed by atoms with Crippen molar-refractivity contribution in [1.82, 2.24) is 14.3 Å². The molecule has 0 saturated carbocycles. The summed E-state index contributed by atoms with van der Waals surface area (Å²) in [6.45, 7) is -0.0190. The van der Waals surface area contributed by atoms with Gasteiger partial charge in [-0.1, -0.05) is 48.5 Å². The maximum Gasteiger partial charge on any atom is 0.355 e. The van der Waals surface area contributed by atoms with Gasteiger partial charge in [0.25, 0.3) is 5.69 Å². The number of hydrogen-bond acceptors (Lipinski definition) is 5. The molecule has 2 aromatic carbocycles. The van der Waals surface area contributed by atoms with Gasteiger partial charge in [0.15, 0.2) is 0 Å². The van der Waals surface area contributed by atoms with Crippen molar-refractivity contribution in [2.24, 2.45) is 7.05 Å². The van der Waals surface area contributed by atoms with Crippen LogP contribution in [-0.2, 0) is 18.4 Å². The van der Waals surface area contributed by atoms with Crippen LogP contribution in [0, 0.1) is 10.1 Å². The summed E-state index contributed by atoms with van der Waals surface area (Å²) in [5, 5.41) is 15.6. The zero-order valence-electron chi connectivity index (χ0n) is 16.1. The number of para-hydroxylation sites is 1. The van der Waals surface area contributed by atoms with Crippen molar-refractivity contribution >= 4 is 11.7 Å². The predicted molar refractivity (Wildman–Crippen MR) is 110 cm³/mol. The van der Waals surface area contributed by atoms with Crippen LogP contribution in [-0.4, -0.2) is 25.2 Å². The highest BCUT2D eigenvalue weighted by atomic mass is 16.6. The minimum atomic E-state index is -0.642. The first-order valence-electron chi connectivity index (χ1n) is 9.20. The fourth-order valence-corrected chi connectivity index (χ4v) is 3.13. The Morgan fingerprint density at radius 2 is 1.73 bits per heavy atom. The number of hydrogen-bond donors (Lipinski definition) is 0. The Morgan fingerprint density at radius 3 is 2.37 bits per heavy atom. The van der Waals surface area contributed by atoms with Gasteiger partial charge in [-0.2, -0.15) is 5.10 Å². The van der Waals surface area contributed by atoms with Gasteiger partial charge in [-0.15, -0.1) is 0 Å². The monoisotopic (exact) mass is 402 g/mol. The largest absolute Gasteiger partial charge is 0.456 e. The molecule has 30 heavy (non-hydrogen) atoms. The number of carbonyl (C=O) groups excluding carboxylic acids is 1. The van der Waals surface area contributed by atoms with E-state index < -0.39 is 10.9 Å². The predicted octanol–water partition coefficient (Wildman–Crippen LogP) is 4.14. The molecule has 2 aromatic heterocycles. The molecule has 0 spiro atoms. The van der Waals surface area contributed by atoms with Crippen molar-refractivity contribution in [3.05, 3.63) is 100 Å². The van der Waals surface area contributed by atoms with Gasteiger partial charge in [0.2, 0.25) is 0 Å². The van der Waals surface area contributed by atoms with Crippen LogP contribution in [0.3, 0.4) is 0 Å². The number of ether oxygens (including phenoxy) is 1. The Hall–Kier alpha value is -4.20. The lowest BCUT2D eigenvalue weighted by Crippen LogP contribution is -2.09. The second kappa shape index (κ2) is 8.04. The minimum absolute atomic E-state index is 0.0190. The van der Waals surface area contributed by atoms with Crippen LogP contribution < -0.4 is 0 Å². The molecule has 0 N–H and O–H groups in total. The van der Waals surface area contributed by atoms with E-state index in [9.17, 15) is 14.9 Å². The maximum atomic E-state index is 12.5. The van der Waals surface area contributed by atoms with E-state index in [1.807, 2.05) is 66.9 Å². The standard InChI is InChI=1S/C22H18N4O4/c1-24-14-19(26(28)29)12-20(24)22(27)30-15-17-13-25(18-10-6-3-7-11-18)23-21(17)16-8-4-2-5-9-16/h2-14H,15H2,1H3. The van der Waals surface area contributed by atoms with Crippen molar-refractivity contribution in [2.45, 2.75) is 6.61 Å². The smallest absolute Gasteiger partial charge is 0.355 e. The van der Waals surface area contributed by atoms with E-state index in [0.717, 1.165) is 16.8 Å². The number of carbonyl (C=O) groups is 1. The molecule has 0 bridgehead atoms. The molecule has 0 fully saturated rings. The van der Waals surface area contributed by atoms with Gasteiger partial charge in [-0.3, -0.25) is 10.1 Å². The molecule has 0 radical (unpaired) electrons. The number of esters is 1. The molecule has 0 amide bonds. The number of aryl methyl sites for hydroxylation is 1. The molecule has 4 rings (SSSR count). The van der Waals surface area contributed by atoms with Gasteiger partial charge in [-0.05, 0) is 12.1 Å². The third-order valence-electron chi connectivity index (χ3n) is 4.63. The van der Waals surface area contributed by atoms with Crippen LogP contribution >= 0.6 is 0 Å². The molecule has 0 saturated heterocycles. The van der Waals surface area contributed by atoms with E-state index in [-0.39, 0.29) is 18.0 Å². The molecule has 0 atom stereocenters. The number of rotatable bonds is 6. The van der Waals surface area contributed by atoms with E-state index in [1.165, 1.54) is 16.8 Å². The first-order chi connectivity index (χ1) is 14.5. The van der Waals surface area contributed by atoms with E-state index in [2.05, 4.69) is 5.10 Å². The lowest BCUT2D eigenvalue weighted by atomic mass is 10.1. The molecule has 2 heterocycles. The molecule has 0 aliphatic carbocycles. The van der Waals surface area contributed by atoms with Gasteiger partial charge in [0.1, 0.15) is 12.3 Å². The van der Waals surface area contributed by atoms with Crippen molar-refractivity contribution in [3.63, 3.8) is 0 Å². The highest BCUT2D eigenvalue weighted by Gasteiger charge is 2.20. The molecular weight excluding hydrogens is 384 g/mol. The number of nitrogens with zero attached hydrogens (tertiary/aromatic N) is 4. The van der Waals surface area contributed by atoms with E-state index in [4.69, 9.17) is 4.74 Å². The summed E-state index contributed by atoms with van der Waals surface area (Å²) in [4.78, 5) is 22.9. The molecule has 4 aromatic rings. The summed E-state index contributed by atoms with van der Waals surface area (Å²) in [5.41, 5.74) is 3.15. The fraction of sp³-hybridized carbons (Fsp3) is 0.0909. The SMILES string of the molecule is Cn1cc([N+](=O)[O-])cc1C(=O)OCc1cn(-c2ccccc2)nc1-c1ccccc1. The molecule has 150 valence electrons. The Labute approximate surface area is 172 Å². The third-order valence-corrected chi connectivity index (χ3v) is 4.63. The second-order valence-corrected chi connectivity index (χ2v) is 6.68. The number of nitro groups is 1. The normalized spacial score (nSPS) is 10.7. The molecule has 0 unspecified atom stereocenters. The van der Waals surface area contributed by atoms with Crippen LogP contribution in [0.15, 0.2) is 79.1 Å². The van der Waals surface area contributed by atoms with E-state index in [0.29, 0.717) is 5.69 Å². The average Bonchev–Trinajstić information content (AvgIpc) is 3.37. The summed E-state index contributed by atoms with van der Waals surface area (Å²) in [6.07, 6.45) is 3.10. The third kappa shape index (κ3) is 3.83. The Kier molecular flexibility index (Phi) is 5.13. The topological polar surface area (TPSA) is 92.2 Å². The van der Waals surface area contributed by atoms with Gasteiger partial charge in [0.05, 0.1) is 22.5 Å². The van der Waals surface area contributed by atoms with E-state index in [1.54, 1.807) is 11.7 Å². The number of aromatic nitrogens is 3. The highest BCUT2D eigenvalue weighted by molar-refractivity contribution is 5.88. The molecule has 8 nitrogen and oxygen atoms in total. The second-order valence-electron chi connectivity index (χ2n) is 6.68. The Balaban J connectivity index is 1.62. The van der Waals surface area contributed by atoms with Gasteiger partial charge >= 0.3 is 5.97 Å². The molecule has 0 aliphatic heterocycles. The Morgan fingerprint density at radius 1 is 1.07 bits per heavy atom. The Bertz CT molecular complexity index is 1200. The zero-order valence-corrected chi connectivity index (χ0v) is 16.1. The van der Waals surface area contributed by atoms with Gasteiger partial charge in [-0.25, -0.2) is 9.48 Å². The number of benzene rings is 2.